The molecule has 2 rings (SSSR count). The number of aryl methyl sites for hydroxylation is 1. The molecule has 0 atom stereocenters. The Bertz CT molecular complexity index is 667. The molecule has 0 bridgehead atoms. The number of hydrogen-bond donors (Lipinski definition) is 1. The van der Waals surface area contributed by atoms with Crippen molar-refractivity contribution in [3.05, 3.63) is 41.1 Å². The maximum absolute atomic E-state index is 8.78. The Morgan fingerprint density at radius 2 is 2.25 bits per heavy atom. The third kappa shape index (κ3) is 3.19. The lowest BCUT2D eigenvalue weighted by atomic mass is 10.1. The molecule has 0 aliphatic carbocycles. The van der Waals surface area contributed by atoms with Crippen molar-refractivity contribution >= 4 is 17.6 Å². The second kappa shape index (κ2) is 6.26. The van der Waals surface area contributed by atoms with Crippen LogP contribution in [0.4, 0.5) is 5.82 Å². The zero-order valence-electron chi connectivity index (χ0n) is 11.3. The molecule has 102 valence electrons. The van der Waals surface area contributed by atoms with Crippen LogP contribution in [0.15, 0.2) is 29.6 Å². The maximum atomic E-state index is 8.78. The minimum Gasteiger partial charge on any atom is -0.496 e. The number of hydrogen-bond acceptors (Lipinski definition) is 6. The third-order valence-electron chi connectivity index (χ3n) is 2.71. The summed E-state index contributed by atoms with van der Waals surface area (Å²) in [6, 6.07) is 7.96. The molecule has 0 aliphatic heterocycles. The number of benzene rings is 1. The predicted molar refractivity (Wildman–Crippen MR) is 78.5 cm³/mol. The average molecular weight is 286 g/mol. The monoisotopic (exact) mass is 286 g/mol. The molecule has 0 fully saturated rings. The molecule has 1 heterocycles. The van der Waals surface area contributed by atoms with E-state index in [1.54, 1.807) is 7.11 Å². The summed E-state index contributed by atoms with van der Waals surface area (Å²) in [5, 5.41) is 9.33. The van der Waals surface area contributed by atoms with Crippen molar-refractivity contribution in [3.63, 3.8) is 0 Å². The van der Waals surface area contributed by atoms with Gasteiger partial charge in [-0.25, -0.2) is 9.97 Å². The lowest BCUT2D eigenvalue weighted by Crippen LogP contribution is -1.98. The van der Waals surface area contributed by atoms with Crippen molar-refractivity contribution in [1.82, 2.24) is 9.97 Å². The van der Waals surface area contributed by atoms with E-state index in [0.717, 1.165) is 11.3 Å². The van der Waals surface area contributed by atoms with Crippen molar-refractivity contribution in [2.24, 2.45) is 0 Å². The van der Waals surface area contributed by atoms with E-state index in [-0.39, 0.29) is 5.82 Å². The van der Waals surface area contributed by atoms with Gasteiger partial charge in [0.05, 0.1) is 13.3 Å². The number of nitrogens with two attached hydrogens (primary N) is 1. The molecule has 5 nitrogen and oxygen atoms in total. The van der Waals surface area contributed by atoms with Crippen LogP contribution in [-0.2, 0) is 5.75 Å². The van der Waals surface area contributed by atoms with Gasteiger partial charge in [-0.1, -0.05) is 29.5 Å². The second-order valence-corrected chi connectivity index (χ2v) is 5.11. The van der Waals surface area contributed by atoms with Gasteiger partial charge in [-0.2, -0.15) is 5.26 Å². The Balaban J connectivity index is 2.15. The van der Waals surface area contributed by atoms with Gasteiger partial charge < -0.3 is 10.5 Å². The fourth-order valence-electron chi connectivity index (χ4n) is 1.70. The molecule has 2 aromatic rings. The number of nitrogen functional groups attached to an aromatic ring is 1. The van der Waals surface area contributed by atoms with Crippen molar-refractivity contribution < 1.29 is 4.74 Å². The minimum atomic E-state index is 0.209. The highest BCUT2D eigenvalue weighted by atomic mass is 32.2. The highest BCUT2D eigenvalue weighted by Crippen LogP contribution is 2.27. The van der Waals surface area contributed by atoms with Gasteiger partial charge in [-0.15, -0.1) is 0 Å². The van der Waals surface area contributed by atoms with Crippen molar-refractivity contribution in [2.75, 3.05) is 12.8 Å². The summed E-state index contributed by atoms with van der Waals surface area (Å²) < 4.78 is 5.33. The largest absolute Gasteiger partial charge is 0.496 e. The van der Waals surface area contributed by atoms with E-state index in [2.05, 4.69) is 16.0 Å². The van der Waals surface area contributed by atoms with Crippen LogP contribution >= 0.6 is 11.8 Å². The van der Waals surface area contributed by atoms with Gasteiger partial charge in [0, 0.05) is 11.3 Å². The van der Waals surface area contributed by atoms with E-state index < -0.39 is 0 Å². The molecule has 0 spiro atoms. The Hall–Kier alpha value is -2.26. The van der Waals surface area contributed by atoms with Crippen LogP contribution in [0.1, 0.15) is 16.7 Å². The molecule has 0 saturated heterocycles. The highest BCUT2D eigenvalue weighted by Gasteiger charge is 2.07. The summed E-state index contributed by atoms with van der Waals surface area (Å²) in [7, 11) is 1.65. The quantitative estimate of drug-likeness (QED) is 0.686. The average Bonchev–Trinajstić information content (AvgIpc) is 2.45. The number of thioether (sulfide) groups is 1. The smallest absolute Gasteiger partial charge is 0.189 e. The number of aromatic nitrogens is 2. The lowest BCUT2D eigenvalue weighted by Gasteiger charge is -2.09. The predicted octanol–water partition coefficient (Wildman–Crippen LogP) is 2.54. The van der Waals surface area contributed by atoms with E-state index in [1.165, 1.54) is 23.5 Å². The molecule has 20 heavy (non-hydrogen) atoms. The zero-order chi connectivity index (χ0) is 14.5. The van der Waals surface area contributed by atoms with E-state index >= 15 is 0 Å². The van der Waals surface area contributed by atoms with E-state index in [9.17, 15) is 0 Å². The van der Waals surface area contributed by atoms with Crippen LogP contribution < -0.4 is 10.5 Å². The summed E-state index contributed by atoms with van der Waals surface area (Å²) in [5.41, 5.74) is 8.20. The molecule has 0 unspecified atom stereocenters. The van der Waals surface area contributed by atoms with E-state index in [1.807, 2.05) is 25.1 Å². The molecule has 6 heteroatoms. The first-order valence-electron chi connectivity index (χ1n) is 5.93. The molecular formula is C14H14N4OS. The summed E-state index contributed by atoms with van der Waals surface area (Å²) in [5.74, 6) is 1.72. The fourth-order valence-corrected chi connectivity index (χ4v) is 2.50. The number of methoxy groups -OCH3 is 1. The molecule has 0 saturated carbocycles. The summed E-state index contributed by atoms with van der Waals surface area (Å²) in [6.45, 7) is 2.03. The maximum Gasteiger partial charge on any atom is 0.189 e. The molecule has 0 radical (unpaired) electrons. The second-order valence-electron chi connectivity index (χ2n) is 4.17. The normalized spacial score (nSPS) is 10.1. The van der Waals surface area contributed by atoms with Gasteiger partial charge in [0.25, 0.3) is 0 Å². The summed E-state index contributed by atoms with van der Waals surface area (Å²) in [4.78, 5) is 8.22. The first kappa shape index (κ1) is 14.2. The molecule has 0 aliphatic rings. The molecular weight excluding hydrogens is 272 g/mol. The zero-order valence-corrected chi connectivity index (χ0v) is 12.1. The number of nitriles is 1. The van der Waals surface area contributed by atoms with E-state index in [0.29, 0.717) is 16.5 Å². The summed E-state index contributed by atoms with van der Waals surface area (Å²) in [6.07, 6.45) is 1.44. The first-order valence-corrected chi connectivity index (χ1v) is 6.91. The minimum absolute atomic E-state index is 0.209. The molecule has 0 amide bonds. The lowest BCUT2D eigenvalue weighted by molar-refractivity contribution is 0.411. The van der Waals surface area contributed by atoms with Gasteiger partial charge in [0.1, 0.15) is 23.2 Å². The third-order valence-corrected chi connectivity index (χ3v) is 3.62. The van der Waals surface area contributed by atoms with Gasteiger partial charge >= 0.3 is 0 Å². The Morgan fingerprint density at radius 3 is 2.90 bits per heavy atom. The Morgan fingerprint density at radius 1 is 1.45 bits per heavy atom. The van der Waals surface area contributed by atoms with Crippen LogP contribution in [0.2, 0.25) is 0 Å². The van der Waals surface area contributed by atoms with Crippen LogP contribution in [0.5, 0.6) is 5.75 Å². The standard InChI is InChI=1S/C14H14N4OS/c1-9-3-4-12(19-2)10(5-9)8-20-14-17-7-11(6-15)13(16)18-14/h3-5,7H,8H2,1-2H3,(H2,16,17,18). The SMILES string of the molecule is COc1ccc(C)cc1CSc1ncc(C#N)c(N)n1. The Kier molecular flexibility index (Phi) is 4.43. The highest BCUT2D eigenvalue weighted by molar-refractivity contribution is 7.98. The number of ether oxygens (including phenoxy) is 1. The van der Waals surface area contributed by atoms with Gasteiger partial charge in [-0.3, -0.25) is 0 Å². The fraction of sp³-hybridized carbons (Fsp3) is 0.214. The van der Waals surface area contributed by atoms with Gasteiger partial charge in [0.15, 0.2) is 5.16 Å². The van der Waals surface area contributed by atoms with Crippen LogP contribution in [0.25, 0.3) is 0 Å². The van der Waals surface area contributed by atoms with Gasteiger partial charge in [0.2, 0.25) is 0 Å². The van der Waals surface area contributed by atoms with Crippen LogP contribution in [0.3, 0.4) is 0 Å². The molecule has 1 aromatic heterocycles. The number of anilines is 1. The van der Waals surface area contributed by atoms with Crippen LogP contribution in [0, 0.1) is 18.3 Å². The Labute approximate surface area is 121 Å². The number of rotatable bonds is 4. The molecule has 2 N–H and O–H groups in total. The first-order chi connectivity index (χ1) is 9.63. The topological polar surface area (TPSA) is 84.8 Å². The van der Waals surface area contributed by atoms with Gasteiger partial charge in [-0.05, 0) is 13.0 Å². The number of nitrogens with zero attached hydrogens (tertiary/aromatic N) is 3. The van der Waals surface area contributed by atoms with Crippen molar-refractivity contribution in [3.8, 4) is 11.8 Å². The van der Waals surface area contributed by atoms with Crippen molar-refractivity contribution in [1.29, 1.82) is 5.26 Å². The van der Waals surface area contributed by atoms with Crippen molar-refractivity contribution in [2.45, 2.75) is 17.8 Å². The van der Waals surface area contributed by atoms with E-state index in [4.69, 9.17) is 15.7 Å². The summed E-state index contributed by atoms with van der Waals surface area (Å²) >= 11 is 1.45. The van der Waals surface area contributed by atoms with Crippen LogP contribution in [-0.4, -0.2) is 17.1 Å². The molecule has 1 aromatic carbocycles.